The highest BCUT2D eigenvalue weighted by molar-refractivity contribution is 7.47. The summed E-state index contributed by atoms with van der Waals surface area (Å²) in [4.78, 5) is 73.0. The average Bonchev–Trinajstić information content (AvgIpc) is 1.03. The summed E-state index contributed by atoms with van der Waals surface area (Å²) in [6.07, 6.45) is 55.4. The van der Waals surface area contributed by atoms with Crippen LogP contribution >= 0.6 is 15.6 Å². The zero-order chi connectivity index (χ0) is 73.1. The Hall–Kier alpha value is -1.94. The first kappa shape index (κ1) is 97.1. The zero-order valence-electron chi connectivity index (χ0n) is 65.1. The van der Waals surface area contributed by atoms with E-state index in [0.29, 0.717) is 25.7 Å². The van der Waals surface area contributed by atoms with Gasteiger partial charge in [-0.15, -0.1) is 0 Å². The van der Waals surface area contributed by atoms with Crippen molar-refractivity contribution in [3.05, 3.63) is 0 Å². The molecule has 0 spiro atoms. The summed E-state index contributed by atoms with van der Waals surface area (Å²) in [6, 6.07) is 0. The third-order valence-corrected chi connectivity index (χ3v) is 20.8. The molecule has 0 saturated carbocycles. The lowest BCUT2D eigenvalue weighted by Gasteiger charge is -2.21. The molecule has 0 amide bonds. The van der Waals surface area contributed by atoms with Crippen LogP contribution in [0.5, 0.6) is 0 Å². The molecule has 19 heteroatoms. The fourth-order valence-corrected chi connectivity index (χ4v) is 13.8. The van der Waals surface area contributed by atoms with Gasteiger partial charge in [-0.1, -0.05) is 357 Å². The number of aliphatic hydroxyl groups is 1. The molecule has 0 aliphatic heterocycles. The number of phosphoric ester groups is 2. The molecule has 99 heavy (non-hydrogen) atoms. The maximum Gasteiger partial charge on any atom is 0.472 e. The summed E-state index contributed by atoms with van der Waals surface area (Å²) in [5.74, 6) is 1.01. The van der Waals surface area contributed by atoms with Gasteiger partial charge in [-0.2, -0.15) is 0 Å². The van der Waals surface area contributed by atoms with E-state index in [1.54, 1.807) is 0 Å². The summed E-state index contributed by atoms with van der Waals surface area (Å²) in [5.41, 5.74) is 0. The number of esters is 4. The molecular formula is C80H156O17P2. The van der Waals surface area contributed by atoms with Crippen LogP contribution in [-0.2, 0) is 65.4 Å². The van der Waals surface area contributed by atoms with Crippen LogP contribution in [0.1, 0.15) is 409 Å². The maximum atomic E-state index is 13.1. The van der Waals surface area contributed by atoms with Gasteiger partial charge in [-0.05, 0) is 49.4 Å². The van der Waals surface area contributed by atoms with Crippen molar-refractivity contribution >= 4 is 39.5 Å². The van der Waals surface area contributed by atoms with Gasteiger partial charge in [0.15, 0.2) is 12.2 Å². The zero-order valence-corrected chi connectivity index (χ0v) is 66.9. The highest BCUT2D eigenvalue weighted by atomic mass is 31.2. The molecule has 17 nitrogen and oxygen atoms in total. The van der Waals surface area contributed by atoms with Crippen LogP contribution in [0.4, 0.5) is 0 Å². The van der Waals surface area contributed by atoms with E-state index in [9.17, 15) is 43.2 Å². The number of hydrogen-bond donors (Lipinski definition) is 3. The number of aliphatic hydroxyl groups excluding tert-OH is 1. The highest BCUT2D eigenvalue weighted by Gasteiger charge is 2.30. The number of unbranched alkanes of at least 4 members (excludes halogenated alkanes) is 42. The summed E-state index contributed by atoms with van der Waals surface area (Å²) in [6.45, 7) is 14.3. The Morgan fingerprint density at radius 3 is 0.717 bits per heavy atom. The van der Waals surface area contributed by atoms with Gasteiger partial charge in [-0.3, -0.25) is 37.3 Å². The van der Waals surface area contributed by atoms with E-state index in [-0.39, 0.29) is 25.7 Å². The van der Waals surface area contributed by atoms with Gasteiger partial charge in [-0.25, -0.2) is 9.13 Å². The summed E-state index contributed by atoms with van der Waals surface area (Å²) >= 11 is 0. The van der Waals surface area contributed by atoms with E-state index in [2.05, 4.69) is 55.4 Å². The monoisotopic (exact) mass is 1450 g/mol. The molecule has 0 aliphatic rings. The third kappa shape index (κ3) is 72.8. The van der Waals surface area contributed by atoms with Gasteiger partial charge in [0.1, 0.15) is 19.3 Å². The Bertz CT molecular complexity index is 1940. The first-order valence-electron chi connectivity index (χ1n) is 41.2. The van der Waals surface area contributed by atoms with E-state index in [1.165, 1.54) is 212 Å². The van der Waals surface area contributed by atoms with Gasteiger partial charge in [0.2, 0.25) is 0 Å². The normalized spacial score (nSPS) is 14.3. The number of carbonyl (C=O) groups excluding carboxylic acids is 4. The van der Waals surface area contributed by atoms with Gasteiger partial charge in [0.25, 0.3) is 0 Å². The largest absolute Gasteiger partial charge is 0.472 e. The molecule has 0 saturated heterocycles. The first-order valence-corrected chi connectivity index (χ1v) is 44.2. The second kappa shape index (κ2) is 69.1. The summed E-state index contributed by atoms with van der Waals surface area (Å²) < 4.78 is 68.7. The van der Waals surface area contributed by atoms with Crippen LogP contribution in [0, 0.1) is 23.7 Å². The summed E-state index contributed by atoms with van der Waals surface area (Å²) in [5, 5.41) is 10.6. The van der Waals surface area contributed by atoms with E-state index < -0.39 is 97.5 Å². The van der Waals surface area contributed by atoms with Crippen molar-refractivity contribution in [3.63, 3.8) is 0 Å². The minimum atomic E-state index is -4.96. The SMILES string of the molecule is CCC(C)CCCCCCCCCCCCCCCCC(=O)O[C@H](COC(=O)CCCCCCCCCCCCCCCCC(C)C)COP(=O)(O)OC[C@@H](O)COP(=O)(O)OC[C@@H](COC(=O)CCCCCCCCCCCC(C)C)OC(=O)CCCCCCCCCCCC(C)C. The Labute approximate surface area is 607 Å². The number of carbonyl (C=O) groups is 4. The molecule has 0 fully saturated rings. The lowest BCUT2D eigenvalue weighted by Crippen LogP contribution is -2.30. The molecule has 0 aliphatic carbocycles. The van der Waals surface area contributed by atoms with Crippen LogP contribution in [0.25, 0.3) is 0 Å². The molecule has 0 bridgehead atoms. The van der Waals surface area contributed by atoms with Gasteiger partial charge < -0.3 is 33.8 Å². The van der Waals surface area contributed by atoms with Gasteiger partial charge in [0, 0.05) is 25.7 Å². The van der Waals surface area contributed by atoms with Crippen molar-refractivity contribution in [1.82, 2.24) is 0 Å². The van der Waals surface area contributed by atoms with Crippen LogP contribution in [-0.4, -0.2) is 96.7 Å². The van der Waals surface area contributed by atoms with E-state index >= 15 is 0 Å². The standard InChI is InChI=1S/C80H156O17P2/c1-9-73(8)59-51-43-35-27-19-15-11-13-17-21-29-38-46-54-62-79(84)96-75(66-90-77(82)60-52-44-36-28-20-16-12-10-14-18-24-32-40-48-56-70(2)3)68-94-98(86,87)92-64-74(81)65-93-99(88,89)95-69-76(97-80(85)63-55-47-39-31-23-26-34-42-50-58-72(6)7)67-91-78(83)61-53-45-37-30-22-25-33-41-49-57-71(4)5/h70-76,81H,9-69H2,1-8H3,(H,86,87)(H,88,89)/t73?,74-,75-,76-/m1/s1. The Morgan fingerprint density at radius 2 is 0.485 bits per heavy atom. The van der Waals surface area contributed by atoms with Crippen LogP contribution in [0.3, 0.4) is 0 Å². The molecule has 0 aromatic rings. The fraction of sp³-hybridized carbons (Fsp3) is 0.950. The Morgan fingerprint density at radius 1 is 0.283 bits per heavy atom. The molecule has 0 rings (SSSR count). The van der Waals surface area contributed by atoms with Crippen molar-refractivity contribution < 1.29 is 80.2 Å². The van der Waals surface area contributed by atoms with Crippen molar-refractivity contribution in [2.24, 2.45) is 23.7 Å². The molecule has 0 heterocycles. The predicted molar refractivity (Wildman–Crippen MR) is 404 cm³/mol. The lowest BCUT2D eigenvalue weighted by atomic mass is 9.99. The molecule has 0 aromatic carbocycles. The van der Waals surface area contributed by atoms with Crippen molar-refractivity contribution in [2.75, 3.05) is 39.6 Å². The van der Waals surface area contributed by atoms with Crippen molar-refractivity contribution in [1.29, 1.82) is 0 Å². The molecule has 588 valence electrons. The quantitative estimate of drug-likeness (QED) is 0.0222. The minimum Gasteiger partial charge on any atom is -0.462 e. The van der Waals surface area contributed by atoms with E-state index in [0.717, 1.165) is 114 Å². The second-order valence-corrected chi connectivity index (χ2v) is 33.4. The average molecular weight is 1450 g/mol. The number of ether oxygens (including phenoxy) is 4. The fourth-order valence-electron chi connectivity index (χ4n) is 12.2. The number of rotatable bonds is 77. The maximum absolute atomic E-state index is 13.1. The Kier molecular flexibility index (Phi) is 67.8. The molecule has 0 radical (unpaired) electrons. The van der Waals surface area contributed by atoms with E-state index in [4.69, 9.17) is 37.0 Å². The smallest absolute Gasteiger partial charge is 0.462 e. The first-order chi connectivity index (χ1) is 47.6. The van der Waals surface area contributed by atoms with Crippen LogP contribution < -0.4 is 0 Å². The third-order valence-electron chi connectivity index (χ3n) is 18.9. The van der Waals surface area contributed by atoms with Crippen LogP contribution in [0.2, 0.25) is 0 Å². The second-order valence-electron chi connectivity index (χ2n) is 30.5. The number of hydrogen-bond acceptors (Lipinski definition) is 15. The van der Waals surface area contributed by atoms with Crippen molar-refractivity contribution in [2.45, 2.75) is 427 Å². The topological polar surface area (TPSA) is 237 Å². The number of phosphoric acid groups is 2. The van der Waals surface area contributed by atoms with Crippen LogP contribution in [0.15, 0.2) is 0 Å². The molecular weight excluding hydrogens is 1290 g/mol. The molecule has 3 unspecified atom stereocenters. The lowest BCUT2D eigenvalue weighted by molar-refractivity contribution is -0.161. The summed E-state index contributed by atoms with van der Waals surface area (Å²) in [7, 11) is -9.92. The van der Waals surface area contributed by atoms with E-state index in [1.807, 2.05) is 0 Å². The Balaban J connectivity index is 5.26. The minimum absolute atomic E-state index is 0.105. The molecule has 6 atom stereocenters. The molecule has 0 aromatic heterocycles. The van der Waals surface area contributed by atoms with Gasteiger partial charge >= 0.3 is 39.5 Å². The van der Waals surface area contributed by atoms with Gasteiger partial charge in [0.05, 0.1) is 26.4 Å². The molecule has 3 N–H and O–H groups in total. The highest BCUT2D eigenvalue weighted by Crippen LogP contribution is 2.45. The predicted octanol–water partition coefficient (Wildman–Crippen LogP) is 23.6. The van der Waals surface area contributed by atoms with Crippen molar-refractivity contribution in [3.8, 4) is 0 Å².